The monoisotopic (exact) mass is 1140 g/mol. The molecule has 0 spiro atoms. The Morgan fingerprint density at radius 1 is 0.438 bits per heavy atom. The molecule has 7 aromatic carbocycles. The van der Waals surface area contributed by atoms with Crippen molar-refractivity contribution in [2.45, 2.75) is 110 Å². The molecular weight excluding hydrogens is 1070 g/mol. The maximum Gasteiger partial charge on any atom is 0.135 e. The first-order chi connectivity index (χ1) is 34.2. The molecule has 9 aromatic rings. The van der Waals surface area contributed by atoms with Crippen LogP contribution in [0, 0.1) is 18.8 Å². The zero-order valence-electron chi connectivity index (χ0n) is 44.4. The predicted octanol–water partition coefficient (Wildman–Crippen LogP) is 17.1. The van der Waals surface area contributed by atoms with Crippen LogP contribution in [-0.4, -0.2) is 9.55 Å². The Kier molecular flexibility index (Phi) is 13.5. The van der Waals surface area contributed by atoms with Gasteiger partial charge in [0.05, 0.1) is 0 Å². The third-order valence-electron chi connectivity index (χ3n) is 15.0. The molecule has 374 valence electrons. The maximum absolute atomic E-state index is 6.91. The zero-order chi connectivity index (χ0) is 50.8. The fourth-order valence-corrected chi connectivity index (χ4v) is 10.5. The second kappa shape index (κ2) is 19.3. The van der Waals surface area contributed by atoms with Crippen molar-refractivity contribution in [1.29, 1.82) is 0 Å². The summed E-state index contributed by atoms with van der Waals surface area (Å²) in [7, 11) is 0. The van der Waals surface area contributed by atoms with E-state index in [1.54, 1.807) is 0 Å². The van der Waals surface area contributed by atoms with Gasteiger partial charge < -0.3 is 19.1 Å². The number of hydrogen-bond acceptors (Lipinski definition) is 4. The summed E-state index contributed by atoms with van der Waals surface area (Å²) in [6, 6.07) is 70.6. The Hall–Kier alpha value is -6.68. The SMILES string of the molecule is CC(C)(C)c1cccc(N2[CH-]N(c3[c-]c(Oc4[c-]c5c(cc4)c4cc(C(C)(C)C)ccc4n5-c4cc(C(C)(C)c5ccccc5)ccn4)ccc3)C(C(C)(C)c3ccccc3)=C2C(C)(C)c2ccccc2)c1.[Pt]. The van der Waals surface area contributed by atoms with E-state index < -0.39 is 10.8 Å². The molecule has 0 amide bonds. The largest absolute Gasteiger partial charge is 0.509 e. The number of hydrogen-bond donors (Lipinski definition) is 0. The van der Waals surface area contributed by atoms with Gasteiger partial charge >= 0.3 is 0 Å². The fourth-order valence-electron chi connectivity index (χ4n) is 10.5. The molecular formula is C67H67N4OPt-3. The van der Waals surface area contributed by atoms with E-state index in [9.17, 15) is 0 Å². The van der Waals surface area contributed by atoms with E-state index in [-0.39, 0.29) is 37.3 Å². The minimum Gasteiger partial charge on any atom is -0.509 e. The molecule has 0 atom stereocenters. The van der Waals surface area contributed by atoms with Crippen molar-refractivity contribution in [2.75, 3.05) is 9.80 Å². The number of rotatable bonds is 11. The van der Waals surface area contributed by atoms with Crippen LogP contribution >= 0.6 is 0 Å². The summed E-state index contributed by atoms with van der Waals surface area (Å²) < 4.78 is 9.15. The molecule has 0 N–H and O–H groups in total. The average Bonchev–Trinajstić information content (AvgIpc) is 3.95. The van der Waals surface area contributed by atoms with Gasteiger partial charge in [-0.05, 0) is 79.9 Å². The van der Waals surface area contributed by atoms with E-state index >= 15 is 0 Å². The molecule has 5 nitrogen and oxygen atoms in total. The number of fused-ring (bicyclic) bond motifs is 3. The number of nitrogens with zero attached hydrogens (tertiary/aromatic N) is 4. The van der Waals surface area contributed by atoms with Crippen LogP contribution in [0.15, 0.2) is 194 Å². The Morgan fingerprint density at radius 2 is 0.973 bits per heavy atom. The summed E-state index contributed by atoms with van der Waals surface area (Å²) in [6.45, 7) is 29.8. The van der Waals surface area contributed by atoms with Crippen LogP contribution < -0.4 is 14.5 Å². The van der Waals surface area contributed by atoms with Gasteiger partial charge in [-0.2, -0.15) is 12.1 Å². The maximum atomic E-state index is 6.91. The summed E-state index contributed by atoms with van der Waals surface area (Å²) in [5.41, 5.74) is 12.5. The Morgan fingerprint density at radius 3 is 1.58 bits per heavy atom. The van der Waals surface area contributed by atoms with Gasteiger partial charge in [0.2, 0.25) is 0 Å². The second-order valence-electron chi connectivity index (χ2n) is 23.1. The van der Waals surface area contributed by atoms with Gasteiger partial charge in [-0.15, -0.1) is 48.1 Å². The van der Waals surface area contributed by atoms with Crippen LogP contribution in [0.5, 0.6) is 11.5 Å². The van der Waals surface area contributed by atoms with E-state index in [1.807, 2.05) is 18.3 Å². The van der Waals surface area contributed by atoms with Gasteiger partial charge in [0.1, 0.15) is 5.82 Å². The van der Waals surface area contributed by atoms with Crippen LogP contribution in [0.3, 0.4) is 0 Å². The van der Waals surface area contributed by atoms with Crippen LogP contribution in [0.2, 0.25) is 0 Å². The molecule has 10 rings (SSSR count). The van der Waals surface area contributed by atoms with Crippen molar-refractivity contribution in [3.63, 3.8) is 0 Å². The summed E-state index contributed by atoms with van der Waals surface area (Å²) >= 11 is 0. The minimum absolute atomic E-state index is 0. The molecule has 0 saturated carbocycles. The van der Waals surface area contributed by atoms with Crippen molar-refractivity contribution in [3.05, 3.63) is 246 Å². The number of ether oxygens (including phenoxy) is 1. The van der Waals surface area contributed by atoms with E-state index in [0.29, 0.717) is 11.5 Å². The third kappa shape index (κ3) is 9.58. The molecule has 2 aromatic heterocycles. The van der Waals surface area contributed by atoms with Crippen molar-refractivity contribution in [3.8, 4) is 17.3 Å². The smallest absolute Gasteiger partial charge is 0.135 e. The van der Waals surface area contributed by atoms with E-state index in [4.69, 9.17) is 9.72 Å². The van der Waals surface area contributed by atoms with E-state index in [2.05, 4.69) is 280 Å². The quantitative estimate of drug-likeness (QED) is 0.121. The predicted molar refractivity (Wildman–Crippen MR) is 300 cm³/mol. The van der Waals surface area contributed by atoms with E-state index in [0.717, 1.165) is 44.7 Å². The Balaban J connectivity index is 0.00000656. The molecule has 0 unspecified atom stereocenters. The molecule has 3 heterocycles. The van der Waals surface area contributed by atoms with Gasteiger partial charge in [-0.1, -0.05) is 204 Å². The Labute approximate surface area is 448 Å². The number of anilines is 2. The van der Waals surface area contributed by atoms with Crippen molar-refractivity contribution >= 4 is 33.2 Å². The first-order valence-corrected chi connectivity index (χ1v) is 25.4. The second-order valence-corrected chi connectivity index (χ2v) is 23.1. The number of benzene rings is 7. The first kappa shape index (κ1) is 51.2. The van der Waals surface area contributed by atoms with Gasteiger partial charge in [0.25, 0.3) is 0 Å². The van der Waals surface area contributed by atoms with Crippen molar-refractivity contribution in [2.24, 2.45) is 0 Å². The van der Waals surface area contributed by atoms with Gasteiger partial charge in [-0.3, -0.25) is 0 Å². The van der Waals surface area contributed by atoms with Gasteiger partial charge in [0, 0.05) is 77.6 Å². The number of pyridine rings is 1. The normalized spacial score (nSPS) is 13.8. The minimum atomic E-state index is -0.457. The molecule has 1 aliphatic rings. The molecule has 0 bridgehead atoms. The zero-order valence-corrected chi connectivity index (χ0v) is 46.7. The van der Waals surface area contributed by atoms with Crippen LogP contribution in [0.1, 0.15) is 116 Å². The average molecular weight is 1140 g/mol. The van der Waals surface area contributed by atoms with Gasteiger partial charge in [0.15, 0.2) is 0 Å². The fraction of sp³-hybridized carbons (Fsp3) is 0.254. The first-order valence-electron chi connectivity index (χ1n) is 25.4. The molecule has 0 aliphatic carbocycles. The van der Waals surface area contributed by atoms with Gasteiger partial charge in [-0.25, -0.2) is 4.98 Å². The summed E-state index contributed by atoms with van der Waals surface area (Å²) in [4.78, 5) is 9.80. The third-order valence-corrected chi connectivity index (χ3v) is 15.0. The van der Waals surface area contributed by atoms with E-state index in [1.165, 1.54) is 39.1 Å². The Bertz CT molecular complexity index is 3460. The topological polar surface area (TPSA) is 33.5 Å². The number of allylic oxidation sites excluding steroid dienone is 2. The van der Waals surface area contributed by atoms with Crippen molar-refractivity contribution < 1.29 is 25.8 Å². The summed E-state index contributed by atoms with van der Waals surface area (Å²) in [5, 5.41) is 2.24. The molecule has 73 heavy (non-hydrogen) atoms. The standard InChI is InChI=1S/C67H67N4O.Pt/c1-63(2,3)49-30-22-31-52(40-49)69-45-70(62(67(11,12)48-28-20-15-21-29-48)61(69)66(9,10)47-26-18-14-19-27-47)53-32-23-33-54(43-53)72-55-35-36-56-57-41-50(64(4,5)6)34-37-58(57)71(59(56)44-55)60-42-51(38-39-68-60)65(7,8)46-24-16-13-17-25-46;/h13-42,45H,1-12H3;/q-3;. The van der Waals surface area contributed by atoms with Crippen LogP contribution in [0.4, 0.5) is 11.4 Å². The molecule has 0 radical (unpaired) electrons. The van der Waals surface area contributed by atoms with Crippen LogP contribution in [-0.2, 0) is 48.1 Å². The molecule has 1 aliphatic heterocycles. The van der Waals surface area contributed by atoms with Crippen molar-refractivity contribution in [1.82, 2.24) is 9.55 Å². The molecule has 0 fully saturated rings. The van der Waals surface area contributed by atoms with Crippen LogP contribution in [0.25, 0.3) is 27.6 Å². The summed E-state index contributed by atoms with van der Waals surface area (Å²) in [5.74, 6) is 2.01. The summed E-state index contributed by atoms with van der Waals surface area (Å²) in [6.07, 6.45) is 1.93. The number of aromatic nitrogens is 2. The molecule has 6 heteroatoms. The molecule has 0 saturated heterocycles.